The molecule has 0 saturated heterocycles. The molecule has 0 unspecified atom stereocenters. The van der Waals surface area contributed by atoms with Crippen LogP contribution in [0.5, 0.6) is 0 Å². The minimum absolute atomic E-state index is 0. The molecule has 2 N–H and O–H groups in total. The van der Waals surface area contributed by atoms with Crippen LogP contribution >= 0.6 is 0 Å². The van der Waals surface area contributed by atoms with Gasteiger partial charge in [0.1, 0.15) is 11.5 Å². The first-order valence-electron chi connectivity index (χ1n) is 10.8. The second kappa shape index (κ2) is 12.1. The average Bonchev–Trinajstić information content (AvgIpc) is 3.11. The van der Waals surface area contributed by atoms with Gasteiger partial charge in [-0.1, -0.05) is 27.7 Å². The third-order valence-corrected chi connectivity index (χ3v) is 6.48. The summed E-state index contributed by atoms with van der Waals surface area (Å²) in [6.07, 6.45) is 0. The number of halogens is 1. The first kappa shape index (κ1) is 30.1. The number of anilines is 1. The zero-order valence-corrected chi connectivity index (χ0v) is 20.9. The third kappa shape index (κ3) is 6.80. The van der Waals surface area contributed by atoms with Gasteiger partial charge in [0.25, 0.3) is 15.9 Å². The third-order valence-electron chi connectivity index (χ3n) is 5.28. The van der Waals surface area contributed by atoms with E-state index in [0.717, 1.165) is 6.07 Å². The van der Waals surface area contributed by atoms with E-state index in [1.165, 1.54) is 28.8 Å². The second-order valence-electron chi connectivity index (χ2n) is 8.30. The summed E-state index contributed by atoms with van der Waals surface area (Å²) in [6, 6.07) is 2.77. The Morgan fingerprint density at radius 3 is 2.00 bits per heavy atom. The summed E-state index contributed by atoms with van der Waals surface area (Å²) in [4.78, 5) is 26.8. The molecule has 9 nitrogen and oxygen atoms in total. The van der Waals surface area contributed by atoms with Crippen LogP contribution in [0, 0.1) is 5.82 Å². The summed E-state index contributed by atoms with van der Waals surface area (Å²) in [7, 11) is -2.91. The number of nitrogens with one attached hydrogen (secondary N) is 2. The van der Waals surface area contributed by atoms with Gasteiger partial charge < -0.3 is 10.2 Å². The first-order chi connectivity index (χ1) is 15.3. The molecule has 1 heterocycles. The predicted molar refractivity (Wildman–Crippen MR) is 132 cm³/mol. The SMILES string of the molecule is CCN(CC)C(=O)c1cc(S(=O)(=O)NC(=O)Nc2c(C(C)C)cc(F)cc2C(C)C)nn1C.[NaH]. The van der Waals surface area contributed by atoms with Crippen molar-refractivity contribution in [1.82, 2.24) is 19.4 Å². The van der Waals surface area contributed by atoms with Crippen LogP contribution in [0.3, 0.4) is 0 Å². The Balaban J connectivity index is 0.00000578. The number of amides is 3. The van der Waals surface area contributed by atoms with E-state index in [1.54, 1.807) is 0 Å². The molecule has 0 aliphatic rings. The van der Waals surface area contributed by atoms with Crippen molar-refractivity contribution in [3.8, 4) is 0 Å². The van der Waals surface area contributed by atoms with Crippen molar-refractivity contribution >= 4 is 57.2 Å². The molecule has 0 fully saturated rings. The summed E-state index contributed by atoms with van der Waals surface area (Å²) >= 11 is 0. The molecule has 1 aromatic heterocycles. The Morgan fingerprint density at radius 1 is 1.06 bits per heavy atom. The first-order valence-corrected chi connectivity index (χ1v) is 12.3. The van der Waals surface area contributed by atoms with Crippen molar-refractivity contribution in [2.75, 3.05) is 18.4 Å². The van der Waals surface area contributed by atoms with Crippen LogP contribution in [0.15, 0.2) is 23.2 Å². The summed E-state index contributed by atoms with van der Waals surface area (Å²) < 4.78 is 42.8. The van der Waals surface area contributed by atoms with E-state index < -0.39 is 26.9 Å². The summed E-state index contributed by atoms with van der Waals surface area (Å²) in [5.41, 5.74) is 1.56. The Bertz CT molecular complexity index is 1120. The van der Waals surface area contributed by atoms with Gasteiger partial charge >= 0.3 is 35.6 Å². The van der Waals surface area contributed by atoms with Crippen LogP contribution in [-0.4, -0.2) is 77.7 Å². The van der Waals surface area contributed by atoms with E-state index in [2.05, 4.69) is 10.4 Å². The van der Waals surface area contributed by atoms with E-state index in [-0.39, 0.29) is 53.0 Å². The van der Waals surface area contributed by atoms with Crippen LogP contribution in [0.25, 0.3) is 0 Å². The molecule has 34 heavy (non-hydrogen) atoms. The van der Waals surface area contributed by atoms with Gasteiger partial charge in [-0.25, -0.2) is 13.9 Å². The fraction of sp³-hybridized carbons (Fsp3) is 0.500. The van der Waals surface area contributed by atoms with E-state index in [4.69, 9.17) is 0 Å². The molecule has 184 valence electrons. The maximum atomic E-state index is 14.1. The second-order valence-corrected chi connectivity index (χ2v) is 9.93. The molecule has 0 aliphatic heterocycles. The van der Waals surface area contributed by atoms with Crippen LogP contribution < -0.4 is 10.0 Å². The van der Waals surface area contributed by atoms with Gasteiger partial charge in [-0.3, -0.25) is 9.48 Å². The monoisotopic (exact) mass is 505 g/mol. The molecule has 0 atom stereocenters. The molecule has 2 rings (SSSR count). The number of nitrogens with zero attached hydrogens (tertiary/aromatic N) is 3. The molecule has 0 saturated carbocycles. The fourth-order valence-electron chi connectivity index (χ4n) is 3.46. The molecular formula is C22H33FN5NaO4S. The van der Waals surface area contributed by atoms with Crippen molar-refractivity contribution in [3.63, 3.8) is 0 Å². The molecule has 0 spiro atoms. The summed E-state index contributed by atoms with van der Waals surface area (Å²) in [6.45, 7) is 11.9. The number of aryl methyl sites for hydroxylation is 1. The molecule has 0 radical (unpaired) electrons. The Kier molecular flexibility index (Phi) is 10.7. The number of benzene rings is 1. The van der Waals surface area contributed by atoms with Gasteiger partial charge in [-0.05, 0) is 48.9 Å². The average molecular weight is 506 g/mol. The Labute approximate surface area is 222 Å². The van der Waals surface area contributed by atoms with Gasteiger partial charge in [-0.2, -0.15) is 13.5 Å². The predicted octanol–water partition coefficient (Wildman–Crippen LogP) is 3.15. The number of sulfonamides is 1. The number of hydrogen-bond acceptors (Lipinski definition) is 5. The van der Waals surface area contributed by atoms with Crippen LogP contribution in [0.2, 0.25) is 0 Å². The van der Waals surface area contributed by atoms with Crippen molar-refractivity contribution in [3.05, 3.63) is 40.8 Å². The standard InChI is InChI=1S/C22H32FN5O4S.Na.H/c1-8-28(9-2)21(29)18-12-19(25-27(18)7)33(31,32)26-22(30)24-20-16(13(3)4)10-15(23)11-17(20)14(5)6;;/h10-14H,8-9H2,1-7H3,(H2,24,26,30);;. The number of hydrogen-bond donors (Lipinski definition) is 2. The van der Waals surface area contributed by atoms with Crippen molar-refractivity contribution in [1.29, 1.82) is 0 Å². The molecule has 0 aliphatic carbocycles. The van der Waals surface area contributed by atoms with Gasteiger partial charge in [0.2, 0.25) is 0 Å². The van der Waals surface area contributed by atoms with Crippen LogP contribution in [0.4, 0.5) is 14.9 Å². The van der Waals surface area contributed by atoms with E-state index >= 15 is 0 Å². The topological polar surface area (TPSA) is 113 Å². The van der Waals surface area contributed by atoms with Gasteiger partial charge in [-0.15, -0.1) is 0 Å². The van der Waals surface area contributed by atoms with Crippen LogP contribution in [-0.2, 0) is 17.1 Å². The zero-order valence-electron chi connectivity index (χ0n) is 20.1. The quantitative estimate of drug-likeness (QED) is 0.535. The van der Waals surface area contributed by atoms with Crippen molar-refractivity contribution in [2.45, 2.75) is 58.4 Å². The van der Waals surface area contributed by atoms with Gasteiger partial charge in [0.15, 0.2) is 5.03 Å². The molecular weight excluding hydrogens is 472 g/mol. The summed E-state index contributed by atoms with van der Waals surface area (Å²) in [5.74, 6) is -1.03. The molecule has 0 bridgehead atoms. The van der Waals surface area contributed by atoms with E-state index in [0.29, 0.717) is 29.9 Å². The zero-order chi connectivity index (χ0) is 25.1. The fourth-order valence-corrected chi connectivity index (χ4v) is 4.36. The molecule has 1 aromatic carbocycles. The maximum absolute atomic E-state index is 14.1. The Hall–Kier alpha value is -1.95. The molecule has 3 amide bonds. The molecule has 2 aromatic rings. The van der Waals surface area contributed by atoms with Crippen LogP contribution in [0.1, 0.15) is 75.0 Å². The number of carbonyl (C=O) groups excluding carboxylic acids is 2. The van der Waals surface area contributed by atoms with Gasteiger partial charge in [0, 0.05) is 31.9 Å². The van der Waals surface area contributed by atoms with Crippen molar-refractivity contribution < 1.29 is 22.4 Å². The number of rotatable bonds is 8. The number of urea groups is 1. The van der Waals surface area contributed by atoms with Gasteiger partial charge in [0.05, 0.1) is 0 Å². The minimum atomic E-state index is -4.37. The summed E-state index contributed by atoms with van der Waals surface area (Å²) in [5, 5.41) is 6.02. The van der Waals surface area contributed by atoms with Crippen molar-refractivity contribution in [2.24, 2.45) is 7.05 Å². The normalized spacial score (nSPS) is 11.4. The molecule has 12 heteroatoms. The Morgan fingerprint density at radius 2 is 1.56 bits per heavy atom. The van der Waals surface area contributed by atoms with E-state index in [9.17, 15) is 22.4 Å². The number of carbonyl (C=O) groups is 2. The van der Waals surface area contributed by atoms with E-state index in [1.807, 2.05) is 46.3 Å². The number of aromatic nitrogens is 2.